The molecule has 1 heterocycles. The molecule has 1 aliphatic rings. The molecule has 6 nitrogen and oxygen atoms in total. The van der Waals surface area contributed by atoms with E-state index in [0.717, 1.165) is 30.5 Å². The molecule has 0 bridgehead atoms. The Morgan fingerprint density at radius 1 is 1.61 bits per heavy atom. The fourth-order valence-electron chi connectivity index (χ4n) is 2.50. The standard InChI is InChI=1S/C12H19N3O3/c1-12(2)4-3-9-8(7-12)10(11(16)17)15(14-9)5-6-18-13/h3-7,13H2,1-2H3,(H,16,17). The van der Waals surface area contributed by atoms with Gasteiger partial charge in [-0.3, -0.25) is 4.68 Å². The number of rotatable bonds is 4. The van der Waals surface area contributed by atoms with Gasteiger partial charge in [-0.25, -0.2) is 10.7 Å². The summed E-state index contributed by atoms with van der Waals surface area (Å²) in [6.07, 6.45) is 2.62. The fourth-order valence-corrected chi connectivity index (χ4v) is 2.50. The van der Waals surface area contributed by atoms with Crippen LogP contribution in [0.3, 0.4) is 0 Å². The van der Waals surface area contributed by atoms with Crippen LogP contribution in [0.1, 0.15) is 42.0 Å². The zero-order valence-electron chi connectivity index (χ0n) is 10.8. The van der Waals surface area contributed by atoms with Gasteiger partial charge in [-0.15, -0.1) is 0 Å². The topological polar surface area (TPSA) is 90.4 Å². The number of nitrogens with two attached hydrogens (primary N) is 1. The monoisotopic (exact) mass is 253 g/mol. The zero-order chi connectivity index (χ0) is 13.3. The van der Waals surface area contributed by atoms with Gasteiger partial charge in [0.05, 0.1) is 18.8 Å². The van der Waals surface area contributed by atoms with E-state index in [-0.39, 0.29) is 17.7 Å². The maximum Gasteiger partial charge on any atom is 0.354 e. The van der Waals surface area contributed by atoms with Crippen molar-refractivity contribution in [1.29, 1.82) is 0 Å². The number of aryl methyl sites for hydroxylation is 1. The average Bonchev–Trinajstić information content (AvgIpc) is 2.62. The number of carboxylic acid groups (broad SMARTS) is 1. The lowest BCUT2D eigenvalue weighted by molar-refractivity contribution is 0.0675. The van der Waals surface area contributed by atoms with Crippen molar-refractivity contribution in [2.75, 3.05) is 6.61 Å². The summed E-state index contributed by atoms with van der Waals surface area (Å²) < 4.78 is 1.50. The number of aromatic nitrogens is 2. The van der Waals surface area contributed by atoms with Crippen LogP contribution in [0.4, 0.5) is 0 Å². The van der Waals surface area contributed by atoms with Crippen LogP contribution in [0.2, 0.25) is 0 Å². The SMILES string of the molecule is CC1(C)CCc2nn(CCON)c(C(=O)O)c2C1. The molecular formula is C12H19N3O3. The van der Waals surface area contributed by atoms with Crippen LogP contribution in [0, 0.1) is 5.41 Å². The third-order valence-corrected chi connectivity index (χ3v) is 3.45. The first-order valence-electron chi connectivity index (χ1n) is 6.08. The van der Waals surface area contributed by atoms with Gasteiger partial charge in [-0.2, -0.15) is 5.10 Å². The number of hydrogen-bond donors (Lipinski definition) is 2. The second-order valence-corrected chi connectivity index (χ2v) is 5.51. The second-order valence-electron chi connectivity index (χ2n) is 5.51. The Morgan fingerprint density at radius 2 is 2.33 bits per heavy atom. The highest BCUT2D eigenvalue weighted by molar-refractivity contribution is 5.88. The lowest BCUT2D eigenvalue weighted by atomic mass is 9.76. The summed E-state index contributed by atoms with van der Waals surface area (Å²) in [6, 6.07) is 0. The Labute approximate surface area is 106 Å². The van der Waals surface area contributed by atoms with Crippen molar-refractivity contribution >= 4 is 5.97 Å². The molecule has 100 valence electrons. The highest BCUT2D eigenvalue weighted by atomic mass is 16.6. The molecule has 0 amide bonds. The molecule has 0 spiro atoms. The Hall–Kier alpha value is -1.40. The van der Waals surface area contributed by atoms with E-state index in [9.17, 15) is 9.90 Å². The molecule has 1 aromatic rings. The van der Waals surface area contributed by atoms with Gasteiger partial charge in [-0.05, 0) is 24.7 Å². The molecule has 1 aliphatic carbocycles. The highest BCUT2D eigenvalue weighted by Crippen LogP contribution is 2.35. The summed E-state index contributed by atoms with van der Waals surface area (Å²) in [6.45, 7) is 4.93. The van der Waals surface area contributed by atoms with E-state index in [4.69, 9.17) is 5.90 Å². The van der Waals surface area contributed by atoms with Crippen LogP contribution >= 0.6 is 0 Å². The molecule has 0 saturated carbocycles. The van der Waals surface area contributed by atoms with Crippen LogP contribution in [0.15, 0.2) is 0 Å². The zero-order valence-corrected chi connectivity index (χ0v) is 10.8. The quantitative estimate of drug-likeness (QED) is 0.781. The second kappa shape index (κ2) is 4.70. The number of nitrogens with zero attached hydrogens (tertiary/aromatic N) is 2. The molecule has 0 aliphatic heterocycles. The smallest absolute Gasteiger partial charge is 0.354 e. The fraction of sp³-hybridized carbons (Fsp3) is 0.667. The maximum atomic E-state index is 11.4. The van der Waals surface area contributed by atoms with E-state index in [1.807, 2.05) is 0 Å². The van der Waals surface area contributed by atoms with Gasteiger partial charge < -0.3 is 9.94 Å². The molecule has 0 aromatic carbocycles. The molecule has 0 saturated heterocycles. The number of aromatic carboxylic acids is 1. The summed E-state index contributed by atoms with van der Waals surface area (Å²) in [4.78, 5) is 15.9. The molecule has 18 heavy (non-hydrogen) atoms. The molecule has 0 atom stereocenters. The minimum atomic E-state index is -0.932. The third kappa shape index (κ3) is 2.39. The van der Waals surface area contributed by atoms with E-state index in [1.54, 1.807) is 0 Å². The van der Waals surface area contributed by atoms with Crippen molar-refractivity contribution in [3.05, 3.63) is 17.0 Å². The summed E-state index contributed by atoms with van der Waals surface area (Å²) in [5.41, 5.74) is 2.20. The molecule has 0 radical (unpaired) electrons. The van der Waals surface area contributed by atoms with Crippen LogP contribution < -0.4 is 5.90 Å². The van der Waals surface area contributed by atoms with Gasteiger partial charge in [-0.1, -0.05) is 13.8 Å². The minimum Gasteiger partial charge on any atom is -0.477 e. The summed E-state index contributed by atoms with van der Waals surface area (Å²) in [5.74, 6) is 4.05. The van der Waals surface area contributed by atoms with Gasteiger partial charge in [0, 0.05) is 5.56 Å². The van der Waals surface area contributed by atoms with Crippen molar-refractivity contribution in [3.8, 4) is 0 Å². The predicted octanol–water partition coefficient (Wildman–Crippen LogP) is 0.987. The van der Waals surface area contributed by atoms with Gasteiger partial charge in [0.2, 0.25) is 0 Å². The van der Waals surface area contributed by atoms with E-state index >= 15 is 0 Å². The normalized spacial score (nSPS) is 17.5. The van der Waals surface area contributed by atoms with Gasteiger partial charge in [0.25, 0.3) is 0 Å². The Kier molecular flexibility index (Phi) is 3.41. The summed E-state index contributed by atoms with van der Waals surface area (Å²) >= 11 is 0. The summed E-state index contributed by atoms with van der Waals surface area (Å²) in [5, 5.41) is 13.7. The molecule has 6 heteroatoms. The lowest BCUT2D eigenvalue weighted by Gasteiger charge is -2.28. The first kappa shape index (κ1) is 13.0. The predicted molar refractivity (Wildman–Crippen MR) is 65.1 cm³/mol. The molecule has 2 rings (SSSR count). The van der Waals surface area contributed by atoms with Crippen LogP contribution in [-0.2, 0) is 24.2 Å². The number of hydrogen-bond acceptors (Lipinski definition) is 4. The van der Waals surface area contributed by atoms with Crippen molar-refractivity contribution in [3.63, 3.8) is 0 Å². The van der Waals surface area contributed by atoms with Gasteiger partial charge in [0.15, 0.2) is 0 Å². The van der Waals surface area contributed by atoms with Gasteiger partial charge >= 0.3 is 5.97 Å². The lowest BCUT2D eigenvalue weighted by Crippen LogP contribution is -2.23. The number of carbonyl (C=O) groups is 1. The van der Waals surface area contributed by atoms with E-state index in [0.29, 0.717) is 6.54 Å². The molecule has 3 N–H and O–H groups in total. The molecule has 1 aromatic heterocycles. The van der Waals surface area contributed by atoms with Crippen molar-refractivity contribution in [2.45, 2.75) is 39.7 Å². The van der Waals surface area contributed by atoms with Crippen molar-refractivity contribution < 1.29 is 14.7 Å². The van der Waals surface area contributed by atoms with E-state index in [1.165, 1.54) is 4.68 Å². The van der Waals surface area contributed by atoms with Crippen LogP contribution in [0.5, 0.6) is 0 Å². The average molecular weight is 253 g/mol. The Morgan fingerprint density at radius 3 is 2.94 bits per heavy atom. The first-order chi connectivity index (χ1) is 8.44. The molecule has 0 unspecified atom stereocenters. The van der Waals surface area contributed by atoms with Crippen LogP contribution in [0.25, 0.3) is 0 Å². The highest BCUT2D eigenvalue weighted by Gasteiger charge is 2.32. The Balaban J connectivity index is 2.39. The van der Waals surface area contributed by atoms with Crippen molar-refractivity contribution in [1.82, 2.24) is 9.78 Å². The minimum absolute atomic E-state index is 0.134. The first-order valence-corrected chi connectivity index (χ1v) is 6.08. The maximum absolute atomic E-state index is 11.4. The van der Waals surface area contributed by atoms with E-state index < -0.39 is 5.97 Å². The van der Waals surface area contributed by atoms with E-state index in [2.05, 4.69) is 23.8 Å². The molecular weight excluding hydrogens is 234 g/mol. The third-order valence-electron chi connectivity index (χ3n) is 3.45. The van der Waals surface area contributed by atoms with Gasteiger partial charge in [0.1, 0.15) is 5.69 Å². The number of fused-ring (bicyclic) bond motifs is 1. The molecule has 0 fully saturated rings. The number of carboxylic acids is 1. The van der Waals surface area contributed by atoms with Crippen LogP contribution in [-0.4, -0.2) is 27.5 Å². The largest absolute Gasteiger partial charge is 0.477 e. The Bertz CT molecular complexity index is 465. The summed E-state index contributed by atoms with van der Waals surface area (Å²) in [7, 11) is 0. The van der Waals surface area contributed by atoms with Crippen molar-refractivity contribution in [2.24, 2.45) is 11.3 Å².